The molecule has 1 aromatic carbocycles. The third kappa shape index (κ3) is 3.30. The van der Waals surface area contributed by atoms with Gasteiger partial charge in [0.15, 0.2) is 0 Å². The van der Waals surface area contributed by atoms with Gasteiger partial charge in [0.1, 0.15) is 0 Å². The Morgan fingerprint density at radius 1 is 1.47 bits per heavy atom. The summed E-state index contributed by atoms with van der Waals surface area (Å²) in [6, 6.07) is 4.89. The number of nitro benzene ring substituents is 1. The van der Waals surface area contributed by atoms with Crippen LogP contribution >= 0.6 is 27.3 Å². The summed E-state index contributed by atoms with van der Waals surface area (Å²) in [5, 5.41) is 15.0. The molecule has 1 heterocycles. The fraction of sp³-hybridized carbons (Fsp3) is 0.250. The Morgan fingerprint density at radius 3 is 2.74 bits per heavy atom. The summed E-state index contributed by atoms with van der Waals surface area (Å²) in [5.41, 5.74) is 1.93. The first-order chi connectivity index (χ1) is 8.97. The van der Waals surface area contributed by atoms with Crippen LogP contribution in [-0.2, 0) is 6.54 Å². The number of thiazole rings is 1. The van der Waals surface area contributed by atoms with E-state index in [-0.39, 0.29) is 5.69 Å². The van der Waals surface area contributed by atoms with E-state index in [1.54, 1.807) is 23.5 Å². The highest BCUT2D eigenvalue weighted by atomic mass is 79.9. The van der Waals surface area contributed by atoms with Crippen molar-refractivity contribution in [2.75, 3.05) is 5.32 Å². The van der Waals surface area contributed by atoms with Crippen molar-refractivity contribution in [3.8, 4) is 0 Å². The molecule has 0 radical (unpaired) electrons. The summed E-state index contributed by atoms with van der Waals surface area (Å²) in [6.07, 6.45) is 0. The van der Waals surface area contributed by atoms with E-state index in [4.69, 9.17) is 0 Å². The van der Waals surface area contributed by atoms with Gasteiger partial charge < -0.3 is 5.32 Å². The van der Waals surface area contributed by atoms with Crippen molar-refractivity contribution in [2.24, 2.45) is 0 Å². The molecule has 2 aromatic rings. The van der Waals surface area contributed by atoms with Crippen LogP contribution in [0.1, 0.15) is 15.6 Å². The third-order valence-electron chi connectivity index (χ3n) is 2.60. The van der Waals surface area contributed by atoms with Gasteiger partial charge in [0, 0.05) is 16.6 Å². The van der Waals surface area contributed by atoms with Crippen LogP contribution in [-0.4, -0.2) is 9.91 Å². The molecule has 19 heavy (non-hydrogen) atoms. The molecular weight excluding hydrogens is 330 g/mol. The minimum Gasteiger partial charge on any atom is -0.380 e. The van der Waals surface area contributed by atoms with E-state index in [1.165, 1.54) is 10.9 Å². The second-order valence-electron chi connectivity index (χ2n) is 4.02. The van der Waals surface area contributed by atoms with Crippen LogP contribution < -0.4 is 5.32 Å². The fourth-order valence-electron chi connectivity index (χ4n) is 1.68. The van der Waals surface area contributed by atoms with Gasteiger partial charge in [0.05, 0.1) is 26.6 Å². The fourth-order valence-corrected chi connectivity index (χ4v) is 3.09. The number of nitrogens with one attached hydrogen (secondary N) is 1. The van der Waals surface area contributed by atoms with E-state index in [0.717, 1.165) is 16.4 Å². The average molecular weight is 342 g/mol. The quantitative estimate of drug-likeness (QED) is 0.672. The first-order valence-corrected chi connectivity index (χ1v) is 7.19. The van der Waals surface area contributed by atoms with Crippen LogP contribution in [0, 0.1) is 24.0 Å². The van der Waals surface area contributed by atoms with Gasteiger partial charge in [-0.1, -0.05) is 0 Å². The minimum absolute atomic E-state index is 0.0652. The van der Waals surface area contributed by atoms with E-state index in [2.05, 4.69) is 26.2 Å². The zero-order valence-electron chi connectivity index (χ0n) is 10.4. The Morgan fingerprint density at radius 2 is 2.21 bits per heavy atom. The van der Waals surface area contributed by atoms with Gasteiger partial charge >= 0.3 is 0 Å². The number of anilines is 1. The van der Waals surface area contributed by atoms with E-state index in [0.29, 0.717) is 11.0 Å². The maximum atomic E-state index is 10.7. The predicted molar refractivity (Wildman–Crippen MR) is 79.7 cm³/mol. The van der Waals surface area contributed by atoms with Crippen molar-refractivity contribution in [3.63, 3.8) is 0 Å². The Kier molecular flexibility index (Phi) is 4.16. The first kappa shape index (κ1) is 14.0. The molecule has 1 aromatic heterocycles. The molecule has 5 nitrogen and oxygen atoms in total. The average Bonchev–Trinajstić information content (AvgIpc) is 2.65. The Labute approximate surface area is 123 Å². The number of nitrogens with zero attached hydrogens (tertiary/aromatic N) is 2. The molecule has 0 bridgehead atoms. The Balaban J connectivity index is 2.10. The third-order valence-corrected chi connectivity index (χ3v) is 4.31. The summed E-state index contributed by atoms with van der Waals surface area (Å²) < 4.78 is 0.472. The normalized spacial score (nSPS) is 10.5. The number of hydrogen-bond donors (Lipinski definition) is 1. The lowest BCUT2D eigenvalue weighted by Gasteiger charge is -2.06. The van der Waals surface area contributed by atoms with Gasteiger partial charge in [0.25, 0.3) is 5.69 Å². The zero-order valence-corrected chi connectivity index (χ0v) is 12.8. The van der Waals surface area contributed by atoms with Crippen molar-refractivity contribution in [2.45, 2.75) is 20.4 Å². The minimum atomic E-state index is -0.412. The number of hydrogen-bond acceptors (Lipinski definition) is 5. The highest BCUT2D eigenvalue weighted by molar-refractivity contribution is 9.10. The summed E-state index contributed by atoms with van der Waals surface area (Å²) in [7, 11) is 0. The van der Waals surface area contributed by atoms with Gasteiger partial charge in [-0.2, -0.15) is 0 Å². The van der Waals surface area contributed by atoms with Gasteiger partial charge in [-0.25, -0.2) is 4.98 Å². The van der Waals surface area contributed by atoms with Crippen molar-refractivity contribution in [1.29, 1.82) is 0 Å². The summed E-state index contributed by atoms with van der Waals surface area (Å²) in [6.45, 7) is 4.62. The molecular formula is C12H12BrN3O2S. The topological polar surface area (TPSA) is 68.1 Å². The van der Waals surface area contributed by atoms with Gasteiger partial charge in [-0.15, -0.1) is 11.3 Å². The Bertz CT molecular complexity index is 627. The molecule has 0 aliphatic heterocycles. The molecule has 0 fully saturated rings. The number of nitro groups is 1. The lowest BCUT2D eigenvalue weighted by Crippen LogP contribution is -1.99. The lowest BCUT2D eigenvalue weighted by molar-refractivity contribution is -0.385. The predicted octanol–water partition coefficient (Wildman–Crippen LogP) is 4.04. The van der Waals surface area contributed by atoms with Crippen molar-refractivity contribution in [1.82, 2.24) is 4.98 Å². The molecule has 7 heteroatoms. The molecule has 2 rings (SSSR count). The smallest absolute Gasteiger partial charge is 0.283 e. The van der Waals surface area contributed by atoms with E-state index < -0.39 is 4.92 Å². The molecule has 0 amide bonds. The summed E-state index contributed by atoms with van der Waals surface area (Å²) in [5.74, 6) is 0. The van der Waals surface area contributed by atoms with Crippen LogP contribution in [0.3, 0.4) is 0 Å². The SMILES string of the molecule is Cc1nc(C)c(CNc2ccc([N+](=O)[O-])c(Br)c2)s1. The number of rotatable bonds is 4. The number of aromatic nitrogens is 1. The summed E-state index contributed by atoms with van der Waals surface area (Å²) in [4.78, 5) is 15.8. The first-order valence-electron chi connectivity index (χ1n) is 5.58. The molecule has 1 N–H and O–H groups in total. The van der Waals surface area contributed by atoms with E-state index in [9.17, 15) is 10.1 Å². The maximum Gasteiger partial charge on any atom is 0.283 e. The highest BCUT2D eigenvalue weighted by Gasteiger charge is 2.12. The van der Waals surface area contributed by atoms with Crippen LogP contribution in [0.25, 0.3) is 0 Å². The van der Waals surface area contributed by atoms with Gasteiger partial charge in [-0.05, 0) is 41.9 Å². The second kappa shape index (κ2) is 5.66. The van der Waals surface area contributed by atoms with Gasteiger partial charge in [0.2, 0.25) is 0 Å². The van der Waals surface area contributed by atoms with E-state index >= 15 is 0 Å². The zero-order chi connectivity index (χ0) is 14.0. The molecule has 0 aliphatic carbocycles. The molecule has 100 valence electrons. The van der Waals surface area contributed by atoms with Crippen molar-refractivity contribution in [3.05, 3.63) is 48.4 Å². The van der Waals surface area contributed by atoms with Crippen LogP contribution in [0.15, 0.2) is 22.7 Å². The van der Waals surface area contributed by atoms with Gasteiger partial charge in [-0.3, -0.25) is 10.1 Å². The van der Waals surface area contributed by atoms with Crippen molar-refractivity contribution >= 4 is 38.6 Å². The lowest BCUT2D eigenvalue weighted by atomic mass is 10.3. The molecule has 0 atom stereocenters. The summed E-state index contributed by atoms with van der Waals surface area (Å²) >= 11 is 4.85. The number of benzene rings is 1. The molecule has 0 aliphatic rings. The highest BCUT2D eigenvalue weighted by Crippen LogP contribution is 2.28. The van der Waals surface area contributed by atoms with Crippen molar-refractivity contribution < 1.29 is 4.92 Å². The monoisotopic (exact) mass is 341 g/mol. The van der Waals surface area contributed by atoms with E-state index in [1.807, 2.05) is 13.8 Å². The molecule has 0 unspecified atom stereocenters. The van der Waals surface area contributed by atoms with Crippen LogP contribution in [0.4, 0.5) is 11.4 Å². The Hall–Kier alpha value is -1.47. The van der Waals surface area contributed by atoms with Crippen LogP contribution in [0.5, 0.6) is 0 Å². The number of aryl methyl sites for hydroxylation is 2. The van der Waals surface area contributed by atoms with Crippen LogP contribution in [0.2, 0.25) is 0 Å². The maximum absolute atomic E-state index is 10.7. The standard InChI is InChI=1S/C12H12BrN3O2S/c1-7-12(19-8(2)15-7)6-14-9-3-4-11(16(17)18)10(13)5-9/h3-5,14H,6H2,1-2H3. The molecule has 0 saturated heterocycles. The number of halogens is 1. The largest absolute Gasteiger partial charge is 0.380 e. The molecule has 0 saturated carbocycles. The molecule has 0 spiro atoms. The second-order valence-corrected chi connectivity index (χ2v) is 6.16.